The van der Waals surface area contributed by atoms with Crippen molar-refractivity contribution in [1.29, 1.82) is 5.26 Å². The highest BCUT2D eigenvalue weighted by Gasteiger charge is 2.53. The second-order valence-electron chi connectivity index (χ2n) is 9.87. The molecule has 0 aliphatic carbocycles. The average molecular weight is 629 g/mol. The first kappa shape index (κ1) is 33.9. The fourth-order valence-electron chi connectivity index (χ4n) is 5.11. The third kappa shape index (κ3) is 7.29. The number of aromatic nitrogens is 1. The minimum atomic E-state index is -1.50. The molecule has 13 nitrogen and oxygen atoms in total. The monoisotopic (exact) mass is 628 g/mol. The molecule has 44 heavy (non-hydrogen) atoms. The maximum atomic E-state index is 13.2. The summed E-state index contributed by atoms with van der Waals surface area (Å²) in [6, 6.07) is 8.76. The molecule has 0 spiro atoms. The third-order valence-electron chi connectivity index (χ3n) is 6.72. The van der Waals surface area contributed by atoms with Gasteiger partial charge in [0.1, 0.15) is 29.2 Å². The molecule has 0 bridgehead atoms. The normalized spacial score (nSPS) is 20.9. The number of rotatable bonds is 9. The molecule has 0 amide bonds. The molecule has 1 saturated heterocycles. The molecule has 1 aromatic carbocycles. The Labute approximate surface area is 258 Å². The maximum absolute atomic E-state index is 13.2. The number of Topliss-reactive ketones (excluding diaryl/α,β-unsaturated/α-hetero) is 1. The molecular formula is C30H32N2O11S. The van der Waals surface area contributed by atoms with E-state index in [9.17, 15) is 29.2 Å². The van der Waals surface area contributed by atoms with E-state index in [1.165, 1.54) is 18.6 Å². The lowest BCUT2D eigenvalue weighted by Gasteiger charge is -2.45. The van der Waals surface area contributed by atoms with Crippen LogP contribution in [0.5, 0.6) is 5.75 Å². The first-order valence-electron chi connectivity index (χ1n) is 13.4. The first-order valence-corrected chi connectivity index (χ1v) is 13.8. The SMILES string of the molecule is COc1ccc(-c2c(C(C)=O)c(C)n(C3OC(COC(C)=O)C(OC(C)=O)C(OC(C)=O)C3OC(C)=O)c(=S)c2C#N)cc1. The summed E-state index contributed by atoms with van der Waals surface area (Å²) < 4.78 is 34.4. The highest BCUT2D eigenvalue weighted by molar-refractivity contribution is 7.71. The van der Waals surface area contributed by atoms with Crippen molar-refractivity contribution in [3.05, 3.63) is 45.7 Å². The third-order valence-corrected chi connectivity index (χ3v) is 7.12. The van der Waals surface area contributed by atoms with Crippen molar-refractivity contribution in [3.63, 3.8) is 0 Å². The number of pyridine rings is 1. The van der Waals surface area contributed by atoms with Gasteiger partial charge >= 0.3 is 23.9 Å². The predicted octanol–water partition coefficient (Wildman–Crippen LogP) is 3.53. The lowest BCUT2D eigenvalue weighted by molar-refractivity contribution is -0.269. The summed E-state index contributed by atoms with van der Waals surface area (Å²) in [5.41, 5.74) is 1.07. The minimum Gasteiger partial charge on any atom is -0.497 e. The van der Waals surface area contributed by atoms with Crippen LogP contribution in [0.1, 0.15) is 62.5 Å². The predicted molar refractivity (Wildman–Crippen MR) is 154 cm³/mol. The van der Waals surface area contributed by atoms with Crippen LogP contribution in [0, 0.1) is 22.9 Å². The number of ether oxygens (including phenoxy) is 6. The van der Waals surface area contributed by atoms with Crippen LogP contribution in [0.15, 0.2) is 24.3 Å². The molecule has 234 valence electrons. The molecule has 2 heterocycles. The van der Waals surface area contributed by atoms with Crippen molar-refractivity contribution in [2.24, 2.45) is 0 Å². The number of methoxy groups -OCH3 is 1. The number of nitrogens with zero attached hydrogens (tertiary/aromatic N) is 2. The lowest BCUT2D eigenvalue weighted by atomic mass is 9.91. The molecule has 5 atom stereocenters. The summed E-state index contributed by atoms with van der Waals surface area (Å²) in [6.45, 7) is 6.89. The standard InChI is InChI=1S/C30H32N2O11S/c1-14-24(15(2)33)25(20-8-10-21(38-7)11-9-20)22(12-31)30(44)32(14)29-28(42-19(6)37)27(41-18(5)36)26(40-17(4)35)23(43-29)13-39-16(3)34/h8-11,23,26-29H,13H2,1-7H3. The molecule has 1 aliphatic rings. The van der Waals surface area contributed by atoms with E-state index in [4.69, 9.17) is 40.6 Å². The maximum Gasteiger partial charge on any atom is 0.303 e. The molecular weight excluding hydrogens is 596 g/mol. The zero-order chi connectivity index (χ0) is 32.9. The molecule has 5 unspecified atom stereocenters. The lowest BCUT2D eigenvalue weighted by Crippen LogP contribution is -2.60. The van der Waals surface area contributed by atoms with Gasteiger partial charge in [-0.25, -0.2) is 0 Å². The molecule has 0 N–H and O–H groups in total. The van der Waals surface area contributed by atoms with Crippen molar-refractivity contribution in [2.45, 2.75) is 72.2 Å². The summed E-state index contributed by atoms with van der Waals surface area (Å²) in [5.74, 6) is -2.96. The van der Waals surface area contributed by atoms with Crippen LogP contribution in [-0.2, 0) is 42.9 Å². The summed E-state index contributed by atoms with van der Waals surface area (Å²) in [6.07, 6.45) is -7.09. The van der Waals surface area contributed by atoms with Gasteiger partial charge in [0.2, 0.25) is 0 Å². The van der Waals surface area contributed by atoms with Crippen LogP contribution >= 0.6 is 12.2 Å². The van der Waals surface area contributed by atoms with Gasteiger partial charge in [-0.1, -0.05) is 24.4 Å². The fourth-order valence-corrected chi connectivity index (χ4v) is 5.50. The van der Waals surface area contributed by atoms with Gasteiger partial charge in [-0.15, -0.1) is 0 Å². The number of hydrogen-bond donors (Lipinski definition) is 0. The number of benzene rings is 1. The van der Waals surface area contributed by atoms with Gasteiger partial charge in [-0.2, -0.15) is 5.26 Å². The molecule has 1 fully saturated rings. The van der Waals surface area contributed by atoms with Crippen LogP contribution in [0.4, 0.5) is 0 Å². The summed E-state index contributed by atoms with van der Waals surface area (Å²) >= 11 is 5.78. The van der Waals surface area contributed by atoms with Gasteiger partial charge in [-0.3, -0.25) is 24.0 Å². The number of ketones is 1. The summed E-state index contributed by atoms with van der Waals surface area (Å²) in [7, 11) is 1.50. The summed E-state index contributed by atoms with van der Waals surface area (Å²) in [5, 5.41) is 10.3. The Balaban J connectivity index is 2.38. The van der Waals surface area contributed by atoms with Gasteiger partial charge in [0.15, 0.2) is 30.3 Å². The quantitative estimate of drug-likeness (QED) is 0.171. The van der Waals surface area contributed by atoms with Gasteiger partial charge < -0.3 is 33.0 Å². The number of esters is 4. The molecule has 0 radical (unpaired) electrons. The Kier molecular flexibility index (Phi) is 11.0. The Hall–Kier alpha value is -4.61. The number of carbonyl (C=O) groups is 5. The van der Waals surface area contributed by atoms with Crippen LogP contribution in [-0.4, -0.2) is 72.4 Å². The smallest absolute Gasteiger partial charge is 0.303 e. The second kappa shape index (κ2) is 14.2. The Morgan fingerprint density at radius 3 is 1.91 bits per heavy atom. The largest absolute Gasteiger partial charge is 0.497 e. The van der Waals surface area contributed by atoms with Crippen molar-refractivity contribution in [1.82, 2.24) is 4.57 Å². The highest BCUT2D eigenvalue weighted by Crippen LogP contribution is 2.39. The van der Waals surface area contributed by atoms with E-state index in [0.717, 1.165) is 27.7 Å². The number of hydrogen-bond acceptors (Lipinski definition) is 13. The topological polar surface area (TPSA) is 169 Å². The van der Waals surface area contributed by atoms with E-state index >= 15 is 0 Å². The van der Waals surface area contributed by atoms with Crippen molar-refractivity contribution < 1.29 is 52.4 Å². The molecule has 3 rings (SSSR count). The zero-order valence-electron chi connectivity index (χ0n) is 25.2. The van der Waals surface area contributed by atoms with Crippen molar-refractivity contribution in [3.8, 4) is 22.9 Å². The van der Waals surface area contributed by atoms with Gasteiger partial charge in [0.25, 0.3) is 0 Å². The average Bonchev–Trinajstić information content (AvgIpc) is 2.93. The van der Waals surface area contributed by atoms with E-state index in [2.05, 4.69) is 6.07 Å². The van der Waals surface area contributed by atoms with Crippen LogP contribution in [0.3, 0.4) is 0 Å². The number of nitriles is 1. The zero-order valence-corrected chi connectivity index (χ0v) is 26.0. The summed E-state index contributed by atoms with van der Waals surface area (Å²) in [4.78, 5) is 61.6. The molecule has 1 aromatic heterocycles. The first-order chi connectivity index (χ1) is 20.7. The van der Waals surface area contributed by atoms with Crippen LogP contribution in [0.25, 0.3) is 11.1 Å². The van der Waals surface area contributed by atoms with E-state index in [-0.39, 0.29) is 27.0 Å². The Bertz CT molecular complexity index is 1580. The molecule has 2 aromatic rings. The van der Waals surface area contributed by atoms with Gasteiger partial charge in [-0.05, 0) is 31.5 Å². The fraction of sp³-hybridized carbons (Fsp3) is 0.433. The Morgan fingerprint density at radius 1 is 0.886 bits per heavy atom. The Morgan fingerprint density at radius 2 is 1.43 bits per heavy atom. The van der Waals surface area contributed by atoms with E-state index in [0.29, 0.717) is 11.3 Å². The van der Waals surface area contributed by atoms with E-state index in [1.807, 2.05) is 0 Å². The van der Waals surface area contributed by atoms with E-state index in [1.54, 1.807) is 31.2 Å². The highest BCUT2D eigenvalue weighted by atomic mass is 32.1. The van der Waals surface area contributed by atoms with Crippen molar-refractivity contribution >= 4 is 41.9 Å². The van der Waals surface area contributed by atoms with Crippen molar-refractivity contribution in [2.75, 3.05) is 13.7 Å². The molecule has 14 heteroatoms. The number of carbonyl (C=O) groups excluding carboxylic acids is 5. The van der Waals surface area contributed by atoms with E-state index < -0.39 is 66.9 Å². The van der Waals surface area contributed by atoms with Gasteiger partial charge in [0.05, 0.1) is 12.7 Å². The van der Waals surface area contributed by atoms with Gasteiger partial charge in [0, 0.05) is 44.5 Å². The van der Waals surface area contributed by atoms with Crippen LogP contribution < -0.4 is 4.74 Å². The molecule has 0 saturated carbocycles. The minimum absolute atomic E-state index is 0.0613. The second-order valence-corrected chi connectivity index (χ2v) is 10.3. The molecule has 1 aliphatic heterocycles. The van der Waals surface area contributed by atoms with Crippen LogP contribution in [0.2, 0.25) is 0 Å².